The van der Waals surface area contributed by atoms with Crippen LogP contribution in [0.2, 0.25) is 0 Å². The monoisotopic (exact) mass is 321 g/mol. The Morgan fingerprint density at radius 1 is 1.41 bits per heavy atom. The van der Waals surface area contributed by atoms with Crippen LogP contribution in [0.3, 0.4) is 0 Å². The fourth-order valence-corrected chi connectivity index (χ4v) is 3.81. The van der Waals surface area contributed by atoms with E-state index in [-0.39, 0.29) is 6.10 Å². The second-order valence-electron chi connectivity index (χ2n) is 5.16. The molecule has 0 radical (unpaired) electrons. The van der Waals surface area contributed by atoms with Crippen molar-refractivity contribution in [3.8, 4) is 11.4 Å². The van der Waals surface area contributed by atoms with Crippen molar-refractivity contribution in [2.45, 2.75) is 30.5 Å². The fourth-order valence-electron chi connectivity index (χ4n) is 2.56. The van der Waals surface area contributed by atoms with Gasteiger partial charge in [-0.05, 0) is 31.4 Å². The minimum atomic E-state index is -1.26. The summed E-state index contributed by atoms with van der Waals surface area (Å²) in [6.07, 6.45) is 4.76. The van der Waals surface area contributed by atoms with Crippen molar-refractivity contribution in [2.24, 2.45) is 0 Å². The molecule has 7 heteroatoms. The van der Waals surface area contributed by atoms with Crippen molar-refractivity contribution >= 4 is 10.8 Å². The highest BCUT2D eigenvalue weighted by Crippen LogP contribution is 2.24. The molecule has 0 aliphatic carbocycles. The van der Waals surface area contributed by atoms with Crippen molar-refractivity contribution in [3.05, 3.63) is 30.6 Å². The molecular formula is C15H19N3O3S. The maximum Gasteiger partial charge on any atom is 0.226 e. The number of ether oxygens (including phenoxy) is 2. The van der Waals surface area contributed by atoms with E-state index in [1.807, 2.05) is 24.3 Å². The van der Waals surface area contributed by atoms with E-state index in [0.717, 1.165) is 31.6 Å². The Morgan fingerprint density at radius 3 is 3.05 bits per heavy atom. The van der Waals surface area contributed by atoms with Crippen LogP contribution < -0.4 is 4.74 Å². The van der Waals surface area contributed by atoms with Gasteiger partial charge >= 0.3 is 0 Å². The first-order chi connectivity index (χ1) is 10.8. The maximum absolute atomic E-state index is 12.6. The minimum Gasteiger partial charge on any atom is -0.495 e. The predicted molar refractivity (Wildman–Crippen MR) is 82.8 cm³/mol. The van der Waals surface area contributed by atoms with Gasteiger partial charge in [0.25, 0.3) is 0 Å². The molecule has 22 heavy (non-hydrogen) atoms. The van der Waals surface area contributed by atoms with Crippen LogP contribution in [0.1, 0.15) is 19.3 Å². The van der Waals surface area contributed by atoms with Crippen molar-refractivity contribution in [1.29, 1.82) is 0 Å². The molecule has 0 N–H and O–H groups in total. The van der Waals surface area contributed by atoms with Crippen LogP contribution in [0.4, 0.5) is 0 Å². The summed E-state index contributed by atoms with van der Waals surface area (Å²) in [6, 6.07) is 7.53. The molecular weight excluding hydrogens is 302 g/mol. The largest absolute Gasteiger partial charge is 0.495 e. The van der Waals surface area contributed by atoms with Gasteiger partial charge in [-0.15, -0.1) is 10.2 Å². The highest BCUT2D eigenvalue weighted by atomic mass is 32.2. The molecule has 1 aliphatic heterocycles. The summed E-state index contributed by atoms with van der Waals surface area (Å²) in [5, 5.41) is 8.38. The van der Waals surface area contributed by atoms with Gasteiger partial charge in [-0.1, -0.05) is 12.1 Å². The van der Waals surface area contributed by atoms with Gasteiger partial charge in [0.05, 0.1) is 35.5 Å². The third-order valence-corrected chi connectivity index (χ3v) is 5.04. The summed E-state index contributed by atoms with van der Waals surface area (Å²) in [5.41, 5.74) is 0.780. The minimum absolute atomic E-state index is 0.0393. The average molecular weight is 321 g/mol. The van der Waals surface area contributed by atoms with E-state index < -0.39 is 10.8 Å². The molecule has 1 aromatic carbocycles. The number of nitrogens with zero attached hydrogens (tertiary/aromatic N) is 3. The van der Waals surface area contributed by atoms with Crippen molar-refractivity contribution in [3.63, 3.8) is 0 Å². The second kappa shape index (κ2) is 7.02. The lowest BCUT2D eigenvalue weighted by Gasteiger charge is -2.21. The van der Waals surface area contributed by atoms with Crippen LogP contribution in [0.25, 0.3) is 5.69 Å². The summed E-state index contributed by atoms with van der Waals surface area (Å²) in [7, 11) is 0.343. The lowest BCUT2D eigenvalue weighted by molar-refractivity contribution is 0.0309. The third kappa shape index (κ3) is 3.20. The van der Waals surface area contributed by atoms with E-state index in [2.05, 4.69) is 10.2 Å². The van der Waals surface area contributed by atoms with E-state index >= 15 is 0 Å². The zero-order chi connectivity index (χ0) is 15.4. The van der Waals surface area contributed by atoms with Crippen LogP contribution in [0.15, 0.2) is 35.7 Å². The Kier molecular flexibility index (Phi) is 4.84. The van der Waals surface area contributed by atoms with E-state index in [0.29, 0.717) is 16.7 Å². The smallest absolute Gasteiger partial charge is 0.226 e. The van der Waals surface area contributed by atoms with E-state index in [4.69, 9.17) is 9.47 Å². The Labute approximate surface area is 131 Å². The van der Waals surface area contributed by atoms with Crippen LogP contribution >= 0.6 is 0 Å². The number of rotatable bonds is 5. The third-order valence-electron chi connectivity index (χ3n) is 3.68. The van der Waals surface area contributed by atoms with E-state index in [9.17, 15) is 4.21 Å². The number of benzene rings is 1. The Balaban J connectivity index is 1.83. The molecule has 118 valence electrons. The van der Waals surface area contributed by atoms with Gasteiger partial charge in [-0.25, -0.2) is 0 Å². The number of hydrogen-bond acceptors (Lipinski definition) is 5. The number of aromatic nitrogens is 3. The normalized spacial score (nSPS) is 19.8. The van der Waals surface area contributed by atoms with Crippen molar-refractivity contribution in [1.82, 2.24) is 14.8 Å². The molecule has 1 aromatic heterocycles. The number of para-hydroxylation sites is 2. The van der Waals surface area contributed by atoms with Gasteiger partial charge in [0, 0.05) is 6.61 Å². The molecule has 0 saturated carbocycles. The van der Waals surface area contributed by atoms with E-state index in [1.54, 1.807) is 18.0 Å². The molecule has 1 saturated heterocycles. The topological polar surface area (TPSA) is 66.2 Å². The van der Waals surface area contributed by atoms with Gasteiger partial charge in [-0.3, -0.25) is 8.78 Å². The highest BCUT2D eigenvalue weighted by molar-refractivity contribution is 7.84. The first kappa shape index (κ1) is 15.2. The molecule has 2 atom stereocenters. The lowest BCUT2D eigenvalue weighted by atomic mass is 10.1. The lowest BCUT2D eigenvalue weighted by Crippen LogP contribution is -2.26. The average Bonchev–Trinajstić information content (AvgIpc) is 3.05. The first-order valence-electron chi connectivity index (χ1n) is 7.33. The predicted octanol–water partition coefficient (Wildman–Crippen LogP) is 1.95. The quantitative estimate of drug-likeness (QED) is 0.842. The molecule has 0 amide bonds. The van der Waals surface area contributed by atoms with Crippen molar-refractivity contribution < 1.29 is 13.7 Å². The van der Waals surface area contributed by atoms with Gasteiger partial charge in [-0.2, -0.15) is 0 Å². The molecule has 1 aliphatic rings. The fraction of sp³-hybridized carbons (Fsp3) is 0.467. The standard InChI is InChI=1S/C15H19N3O3S/c1-20-14-8-3-2-7-13(14)18-11-16-17-15(18)22(19)10-12-6-4-5-9-21-12/h2-3,7-8,11-12H,4-6,9-10H2,1H3/t12-,22-/m0/s1. The number of methoxy groups -OCH3 is 1. The SMILES string of the molecule is COc1ccccc1-n1cnnc1[S@@](=O)C[C@@H]1CCCCO1. The maximum atomic E-state index is 12.6. The summed E-state index contributed by atoms with van der Waals surface area (Å²) >= 11 is 0. The van der Waals surface area contributed by atoms with Crippen LogP contribution in [0.5, 0.6) is 5.75 Å². The van der Waals surface area contributed by atoms with Gasteiger partial charge < -0.3 is 9.47 Å². The molecule has 0 bridgehead atoms. The zero-order valence-corrected chi connectivity index (χ0v) is 13.3. The van der Waals surface area contributed by atoms with Gasteiger partial charge in [0.2, 0.25) is 5.16 Å². The van der Waals surface area contributed by atoms with Gasteiger partial charge in [0.15, 0.2) is 0 Å². The Morgan fingerprint density at radius 2 is 2.27 bits per heavy atom. The highest BCUT2D eigenvalue weighted by Gasteiger charge is 2.22. The summed E-state index contributed by atoms with van der Waals surface area (Å²) < 4.78 is 25.4. The molecule has 0 spiro atoms. The summed E-state index contributed by atoms with van der Waals surface area (Å²) in [4.78, 5) is 0. The molecule has 6 nitrogen and oxygen atoms in total. The first-order valence-corrected chi connectivity index (χ1v) is 8.65. The molecule has 0 unspecified atom stereocenters. The van der Waals surface area contributed by atoms with Crippen LogP contribution in [-0.2, 0) is 15.5 Å². The molecule has 2 heterocycles. The summed E-state index contributed by atoms with van der Waals surface area (Å²) in [5.74, 6) is 1.14. The Hall–Kier alpha value is -1.73. The van der Waals surface area contributed by atoms with Gasteiger partial charge in [0.1, 0.15) is 12.1 Å². The summed E-state index contributed by atoms with van der Waals surface area (Å²) in [6.45, 7) is 0.751. The van der Waals surface area contributed by atoms with E-state index in [1.165, 1.54) is 0 Å². The molecule has 2 aromatic rings. The zero-order valence-electron chi connectivity index (χ0n) is 12.5. The molecule has 1 fully saturated rings. The Bertz CT molecular complexity index is 653. The second-order valence-corrected chi connectivity index (χ2v) is 6.55. The van der Waals surface area contributed by atoms with Crippen molar-refractivity contribution in [2.75, 3.05) is 19.5 Å². The van der Waals surface area contributed by atoms with Crippen LogP contribution in [0, 0.1) is 0 Å². The van der Waals surface area contributed by atoms with Crippen LogP contribution in [-0.4, -0.2) is 44.5 Å². The number of hydrogen-bond donors (Lipinski definition) is 0. The molecule has 3 rings (SSSR count).